The molecule has 0 aliphatic heterocycles. The first-order chi connectivity index (χ1) is 31.3. The summed E-state index contributed by atoms with van der Waals surface area (Å²) in [5, 5.41) is 6.92. The molecule has 0 saturated carbocycles. The van der Waals surface area contributed by atoms with Crippen molar-refractivity contribution in [1.82, 2.24) is 28.7 Å². The Morgan fingerprint density at radius 2 is 0.698 bits per heavy atom. The molecule has 294 valence electrons. The Hall–Kier alpha value is -8.61. The Bertz CT molecular complexity index is 3770. The molecule has 9 aromatic carbocycles. The summed E-state index contributed by atoms with van der Waals surface area (Å²) in [6.45, 7) is 0. The van der Waals surface area contributed by atoms with Gasteiger partial charge in [-0.3, -0.25) is 4.57 Å². The van der Waals surface area contributed by atoms with Crippen LogP contribution in [0, 0.1) is 0 Å². The zero-order chi connectivity index (χ0) is 41.4. The summed E-state index contributed by atoms with van der Waals surface area (Å²) in [5.74, 6) is 1.76. The smallest absolute Gasteiger partial charge is 0.238 e. The van der Waals surface area contributed by atoms with Crippen molar-refractivity contribution < 1.29 is 0 Å². The van der Waals surface area contributed by atoms with Crippen LogP contribution in [0.15, 0.2) is 218 Å². The summed E-state index contributed by atoms with van der Waals surface area (Å²) in [5.41, 5.74) is 12.8. The molecule has 0 fully saturated rings. The van der Waals surface area contributed by atoms with Gasteiger partial charge in [0, 0.05) is 49.1 Å². The first kappa shape index (κ1) is 35.2. The number of aromatic nitrogens is 6. The van der Waals surface area contributed by atoms with Gasteiger partial charge in [0.2, 0.25) is 5.95 Å². The van der Waals surface area contributed by atoms with Crippen LogP contribution in [0.4, 0.5) is 0 Å². The molecule has 0 bridgehead atoms. The second kappa shape index (κ2) is 14.0. The number of nitrogens with zero attached hydrogens (tertiary/aromatic N) is 6. The van der Waals surface area contributed by atoms with Crippen LogP contribution < -0.4 is 0 Å². The first-order valence-electron chi connectivity index (χ1n) is 21.3. The standard InChI is InChI=1S/C57H36N6/c1-4-18-37(19-5-1)38-32-34-41(35-33-38)61-47-28-14-12-26-44(47)46-36-51(62-48-29-15-10-24-42(48)43-25-11-16-30-49(43)62)52-45-27-13-17-31-50(45)63(54(52)53(46)61)57-59-55(39-20-6-2-7-21-39)58-56(60-57)40-22-8-3-9-23-40/h1-36H. The van der Waals surface area contributed by atoms with Gasteiger partial charge in [0.25, 0.3) is 0 Å². The van der Waals surface area contributed by atoms with Crippen LogP contribution in [0.1, 0.15) is 0 Å². The molecule has 0 atom stereocenters. The fraction of sp³-hybridized carbons (Fsp3) is 0. The molecule has 13 rings (SSSR count). The van der Waals surface area contributed by atoms with E-state index in [-0.39, 0.29) is 0 Å². The molecule has 0 radical (unpaired) electrons. The molecule has 63 heavy (non-hydrogen) atoms. The van der Waals surface area contributed by atoms with Gasteiger partial charge >= 0.3 is 0 Å². The lowest BCUT2D eigenvalue weighted by Gasteiger charge is -2.16. The Kier molecular flexibility index (Phi) is 7.80. The summed E-state index contributed by atoms with van der Waals surface area (Å²) in [7, 11) is 0. The number of rotatable bonds is 6. The Balaban J connectivity index is 1.24. The minimum Gasteiger partial charge on any atom is -0.309 e. The Morgan fingerprint density at radius 3 is 1.24 bits per heavy atom. The van der Waals surface area contributed by atoms with Gasteiger partial charge < -0.3 is 9.13 Å². The SMILES string of the molecule is c1ccc(-c2ccc(-n3c4ccccc4c4cc(-n5c6ccccc6c6ccccc65)c5c6ccccc6n(-c6nc(-c7ccccc7)nc(-c7ccccc7)n6)c5c43)cc2)cc1. The molecule has 0 spiro atoms. The Labute approximate surface area is 362 Å². The van der Waals surface area contributed by atoms with E-state index in [0.29, 0.717) is 17.6 Å². The van der Waals surface area contributed by atoms with E-state index >= 15 is 0 Å². The number of benzene rings is 9. The average molecular weight is 805 g/mol. The molecule has 6 heteroatoms. The zero-order valence-corrected chi connectivity index (χ0v) is 34.0. The van der Waals surface area contributed by atoms with Gasteiger partial charge in [0.05, 0.1) is 38.8 Å². The fourth-order valence-electron chi connectivity index (χ4n) is 9.74. The van der Waals surface area contributed by atoms with Crippen molar-refractivity contribution in [1.29, 1.82) is 0 Å². The van der Waals surface area contributed by atoms with Crippen LogP contribution >= 0.6 is 0 Å². The van der Waals surface area contributed by atoms with Crippen molar-refractivity contribution in [3.63, 3.8) is 0 Å². The zero-order valence-electron chi connectivity index (χ0n) is 34.0. The highest BCUT2D eigenvalue weighted by atomic mass is 15.2. The lowest BCUT2D eigenvalue weighted by Crippen LogP contribution is -2.07. The number of para-hydroxylation sites is 4. The molecule has 13 aromatic rings. The lowest BCUT2D eigenvalue weighted by atomic mass is 10.0. The summed E-state index contributed by atoms with van der Waals surface area (Å²) in [4.78, 5) is 15.9. The van der Waals surface area contributed by atoms with Gasteiger partial charge in [-0.1, -0.05) is 176 Å². The molecular weight excluding hydrogens is 769 g/mol. The maximum absolute atomic E-state index is 5.40. The van der Waals surface area contributed by atoms with Gasteiger partial charge in [-0.25, -0.2) is 4.98 Å². The largest absolute Gasteiger partial charge is 0.309 e. The average Bonchev–Trinajstić information content (AvgIpc) is 4.01. The summed E-state index contributed by atoms with van der Waals surface area (Å²) >= 11 is 0. The van der Waals surface area contributed by atoms with E-state index in [2.05, 4.69) is 196 Å². The number of hydrogen-bond donors (Lipinski definition) is 0. The van der Waals surface area contributed by atoms with Crippen molar-refractivity contribution >= 4 is 65.4 Å². The molecule has 0 aliphatic rings. The third kappa shape index (κ3) is 5.41. The highest BCUT2D eigenvalue weighted by molar-refractivity contribution is 6.27. The van der Waals surface area contributed by atoms with E-state index < -0.39 is 0 Å². The molecular formula is C57H36N6. The first-order valence-corrected chi connectivity index (χ1v) is 21.3. The van der Waals surface area contributed by atoms with Gasteiger partial charge in [-0.15, -0.1) is 0 Å². The minimum absolute atomic E-state index is 0.547. The number of fused-ring (bicyclic) bond motifs is 10. The van der Waals surface area contributed by atoms with Gasteiger partial charge in [-0.2, -0.15) is 9.97 Å². The van der Waals surface area contributed by atoms with Crippen molar-refractivity contribution in [2.75, 3.05) is 0 Å². The Morgan fingerprint density at radius 1 is 0.286 bits per heavy atom. The van der Waals surface area contributed by atoms with Crippen molar-refractivity contribution in [2.24, 2.45) is 0 Å². The molecule has 6 nitrogen and oxygen atoms in total. The second-order valence-corrected chi connectivity index (χ2v) is 16.0. The molecule has 0 unspecified atom stereocenters. The van der Waals surface area contributed by atoms with E-state index in [1.54, 1.807) is 0 Å². The van der Waals surface area contributed by atoms with Crippen molar-refractivity contribution in [3.05, 3.63) is 218 Å². The van der Waals surface area contributed by atoms with Gasteiger partial charge in [-0.05, 0) is 53.6 Å². The molecule has 4 aromatic heterocycles. The maximum Gasteiger partial charge on any atom is 0.238 e. The monoisotopic (exact) mass is 804 g/mol. The van der Waals surface area contributed by atoms with E-state index in [1.165, 1.54) is 21.9 Å². The molecule has 0 saturated heterocycles. The molecule has 4 heterocycles. The third-order valence-electron chi connectivity index (χ3n) is 12.5. The molecule has 0 amide bonds. The van der Waals surface area contributed by atoms with Crippen LogP contribution in [0.3, 0.4) is 0 Å². The topological polar surface area (TPSA) is 53.5 Å². The van der Waals surface area contributed by atoms with E-state index in [0.717, 1.165) is 77.1 Å². The summed E-state index contributed by atoms with van der Waals surface area (Å²) < 4.78 is 7.19. The third-order valence-corrected chi connectivity index (χ3v) is 12.5. The van der Waals surface area contributed by atoms with Crippen molar-refractivity contribution in [3.8, 4) is 51.2 Å². The highest BCUT2D eigenvalue weighted by Crippen LogP contribution is 2.46. The summed E-state index contributed by atoms with van der Waals surface area (Å²) in [6.07, 6.45) is 0. The fourth-order valence-corrected chi connectivity index (χ4v) is 9.74. The van der Waals surface area contributed by atoms with E-state index in [4.69, 9.17) is 15.0 Å². The van der Waals surface area contributed by atoms with E-state index in [9.17, 15) is 0 Å². The van der Waals surface area contributed by atoms with Crippen LogP contribution in [-0.4, -0.2) is 28.7 Å². The van der Waals surface area contributed by atoms with E-state index in [1.807, 2.05) is 36.4 Å². The molecule has 0 N–H and O–H groups in total. The normalized spacial score (nSPS) is 11.8. The lowest BCUT2D eigenvalue weighted by molar-refractivity contribution is 0.953. The van der Waals surface area contributed by atoms with Crippen LogP contribution in [0.2, 0.25) is 0 Å². The predicted octanol–water partition coefficient (Wildman–Crippen LogP) is 14.2. The van der Waals surface area contributed by atoms with Gasteiger partial charge in [0.1, 0.15) is 0 Å². The van der Waals surface area contributed by atoms with Gasteiger partial charge in [0.15, 0.2) is 11.6 Å². The maximum atomic E-state index is 5.40. The quantitative estimate of drug-likeness (QED) is 0.168. The number of hydrogen-bond acceptors (Lipinski definition) is 3. The molecule has 0 aliphatic carbocycles. The second-order valence-electron chi connectivity index (χ2n) is 16.0. The summed E-state index contributed by atoms with van der Waals surface area (Å²) in [6, 6.07) is 77.4. The van der Waals surface area contributed by atoms with Crippen molar-refractivity contribution in [2.45, 2.75) is 0 Å². The predicted molar refractivity (Wildman–Crippen MR) is 259 cm³/mol. The van der Waals surface area contributed by atoms with Crippen LogP contribution in [-0.2, 0) is 0 Å². The minimum atomic E-state index is 0.547. The highest BCUT2D eigenvalue weighted by Gasteiger charge is 2.27. The van der Waals surface area contributed by atoms with Crippen LogP contribution in [0.5, 0.6) is 0 Å². The van der Waals surface area contributed by atoms with Crippen LogP contribution in [0.25, 0.3) is 117 Å².